The van der Waals surface area contributed by atoms with Crippen molar-refractivity contribution in [1.82, 2.24) is 4.57 Å². The molecule has 2 aliphatic heterocycles. The van der Waals surface area contributed by atoms with E-state index in [1.807, 2.05) is 30.3 Å². The van der Waals surface area contributed by atoms with Gasteiger partial charge in [-0.3, -0.25) is 0 Å². The van der Waals surface area contributed by atoms with Crippen molar-refractivity contribution in [2.24, 2.45) is 11.5 Å². The normalized spacial score (nSPS) is 15.8. The van der Waals surface area contributed by atoms with Gasteiger partial charge in [0, 0.05) is 40.4 Å². The molecule has 0 saturated carbocycles. The van der Waals surface area contributed by atoms with Crippen molar-refractivity contribution in [3.8, 4) is 28.3 Å². The molecule has 4 nitrogen and oxygen atoms in total. The molecule has 4 N–H and O–H groups in total. The molecule has 0 aliphatic carbocycles. The number of nitrogens with two attached hydrogens (primary N) is 2. The van der Waals surface area contributed by atoms with Gasteiger partial charge in [-0.15, -0.1) is 0 Å². The van der Waals surface area contributed by atoms with Crippen LogP contribution in [0.3, 0.4) is 0 Å². The number of hydrogen-bond donors (Lipinski definition) is 2. The zero-order valence-electron chi connectivity index (χ0n) is 31.8. The summed E-state index contributed by atoms with van der Waals surface area (Å²) in [5, 5.41) is 2.55. The molecule has 0 saturated heterocycles. The monoisotopic (exact) mass is 737 g/mol. The van der Waals surface area contributed by atoms with Crippen LogP contribution in [-0.2, 0) is 5.41 Å². The summed E-state index contributed by atoms with van der Waals surface area (Å²) >= 11 is 0. The van der Waals surface area contributed by atoms with E-state index in [0.717, 1.165) is 22.6 Å². The number of hydrogen-bond acceptors (Lipinski definition) is 3. The van der Waals surface area contributed by atoms with Crippen molar-refractivity contribution in [1.29, 1.82) is 0 Å². The molecule has 0 radical (unpaired) electrons. The van der Waals surface area contributed by atoms with Crippen LogP contribution in [0.4, 0.5) is 0 Å². The molecule has 2 aliphatic rings. The van der Waals surface area contributed by atoms with E-state index in [1.165, 1.54) is 66.4 Å². The van der Waals surface area contributed by atoms with Crippen LogP contribution >= 0.6 is 0 Å². The maximum absolute atomic E-state index is 6.84. The Bertz CT molecular complexity index is 2900. The lowest BCUT2D eigenvalue weighted by Gasteiger charge is -2.45. The summed E-state index contributed by atoms with van der Waals surface area (Å²) in [5.41, 5.74) is 25.2. The van der Waals surface area contributed by atoms with Crippen molar-refractivity contribution >= 4 is 21.8 Å². The average Bonchev–Trinajstić information content (AvgIpc) is 3.63. The Morgan fingerprint density at radius 3 is 1.86 bits per heavy atom. The van der Waals surface area contributed by atoms with Gasteiger partial charge in [0.1, 0.15) is 11.5 Å². The highest BCUT2D eigenvalue weighted by molar-refractivity contribution is 6.12. The number of ether oxygens (including phenoxy) is 1. The molecule has 11 rings (SSSR count). The van der Waals surface area contributed by atoms with Gasteiger partial charge in [-0.2, -0.15) is 0 Å². The lowest BCUT2D eigenvalue weighted by molar-refractivity contribution is 0.434. The topological polar surface area (TPSA) is 66.2 Å². The van der Waals surface area contributed by atoms with E-state index in [9.17, 15) is 0 Å². The molecule has 3 heterocycles. The summed E-state index contributed by atoms with van der Waals surface area (Å²) in [5.74, 6) is 2.14. The maximum atomic E-state index is 6.84. The third-order valence-electron chi connectivity index (χ3n) is 12.1. The molecule has 0 bridgehead atoms. The van der Waals surface area contributed by atoms with E-state index in [-0.39, 0.29) is 6.04 Å². The predicted molar refractivity (Wildman–Crippen MR) is 235 cm³/mol. The summed E-state index contributed by atoms with van der Waals surface area (Å²) in [4.78, 5) is 0. The van der Waals surface area contributed by atoms with Crippen molar-refractivity contribution < 1.29 is 4.74 Å². The number of benzene rings is 8. The number of aromatic nitrogens is 1. The van der Waals surface area contributed by atoms with E-state index in [2.05, 4.69) is 175 Å². The fourth-order valence-corrected chi connectivity index (χ4v) is 9.24. The Morgan fingerprint density at radius 1 is 0.509 bits per heavy atom. The quantitative estimate of drug-likeness (QED) is 0.185. The number of nitrogens with zero attached hydrogens (tertiary/aromatic N) is 1. The molecule has 9 aromatic rings. The molecule has 1 aromatic heterocycles. The second kappa shape index (κ2) is 14.1. The lowest BCUT2D eigenvalue weighted by atomic mass is 9.61. The molecule has 3 unspecified atom stereocenters. The molecule has 276 valence electrons. The Hall–Kier alpha value is -6.72. The number of fused-ring (bicyclic) bond motifs is 11. The minimum Gasteiger partial charge on any atom is -0.457 e. The molecule has 4 heteroatoms. The largest absolute Gasteiger partial charge is 0.457 e. The van der Waals surface area contributed by atoms with Gasteiger partial charge in [0.15, 0.2) is 0 Å². The molecule has 8 aromatic carbocycles. The highest BCUT2D eigenvalue weighted by Gasteiger charge is 2.50. The zero-order chi connectivity index (χ0) is 38.5. The Balaban J connectivity index is 0.000000349. The molecule has 1 spiro atoms. The summed E-state index contributed by atoms with van der Waals surface area (Å²) in [6.07, 6.45) is 0. The van der Waals surface area contributed by atoms with Crippen LogP contribution in [0.25, 0.3) is 38.6 Å². The minimum atomic E-state index is -0.543. The van der Waals surface area contributed by atoms with Crippen molar-refractivity contribution in [3.63, 3.8) is 0 Å². The summed E-state index contributed by atoms with van der Waals surface area (Å²) < 4.78 is 9.31. The van der Waals surface area contributed by atoms with E-state index >= 15 is 0 Å². The standard InChI is InChI=1S/C45H31NO.C8H12N2/c1-29(30-12-3-2-4-13-30)31-22-24-32(25-23-31)33-26-27-38-43(28-33)47-42-21-10-7-17-37(42)45(38)36-16-6-9-20-41(36)46-40-19-8-5-14-34(40)35-15-11-18-39(45)44(35)46;9-6-8(10)7-4-2-1-3-5-7/h2-29H,1H3;1-5,8H,6,9-10H2. The fourth-order valence-electron chi connectivity index (χ4n) is 9.24. The van der Waals surface area contributed by atoms with Gasteiger partial charge >= 0.3 is 0 Å². The van der Waals surface area contributed by atoms with Crippen molar-refractivity contribution in [3.05, 3.63) is 233 Å². The second-order valence-corrected chi connectivity index (χ2v) is 15.1. The number of rotatable bonds is 5. The van der Waals surface area contributed by atoms with Gasteiger partial charge in [-0.1, -0.05) is 177 Å². The molecule has 57 heavy (non-hydrogen) atoms. The molecular weight excluding hydrogens is 695 g/mol. The summed E-state index contributed by atoms with van der Waals surface area (Å²) in [7, 11) is 0. The Labute approximate surface area is 333 Å². The maximum Gasteiger partial charge on any atom is 0.132 e. The molecular formula is C53H43N3O. The minimum absolute atomic E-state index is 0.0128. The van der Waals surface area contributed by atoms with Crippen LogP contribution in [0, 0.1) is 0 Å². The second-order valence-electron chi connectivity index (χ2n) is 15.1. The Morgan fingerprint density at radius 2 is 1.09 bits per heavy atom. The van der Waals surface area contributed by atoms with E-state index in [0.29, 0.717) is 12.5 Å². The van der Waals surface area contributed by atoms with Crippen LogP contribution in [0.1, 0.15) is 57.8 Å². The smallest absolute Gasteiger partial charge is 0.132 e. The highest BCUT2D eigenvalue weighted by atomic mass is 16.5. The first kappa shape index (κ1) is 34.7. The van der Waals surface area contributed by atoms with Crippen molar-refractivity contribution in [2.75, 3.05) is 6.54 Å². The van der Waals surface area contributed by atoms with Crippen LogP contribution < -0.4 is 16.2 Å². The first-order valence-electron chi connectivity index (χ1n) is 19.8. The third kappa shape index (κ3) is 5.52. The Kier molecular flexibility index (Phi) is 8.59. The fraction of sp³-hybridized carbons (Fsp3) is 0.0943. The molecule has 0 fully saturated rings. The van der Waals surface area contributed by atoms with Crippen LogP contribution in [0.5, 0.6) is 11.5 Å². The predicted octanol–water partition coefficient (Wildman–Crippen LogP) is 12.0. The van der Waals surface area contributed by atoms with Gasteiger partial charge in [0.25, 0.3) is 0 Å². The van der Waals surface area contributed by atoms with Crippen molar-refractivity contribution in [2.45, 2.75) is 24.3 Å². The van der Waals surface area contributed by atoms with Crippen LogP contribution in [-0.4, -0.2) is 11.1 Å². The van der Waals surface area contributed by atoms with Crippen LogP contribution in [0.15, 0.2) is 194 Å². The summed E-state index contributed by atoms with van der Waals surface area (Å²) in [6.45, 7) is 2.78. The van der Waals surface area contributed by atoms with Gasteiger partial charge in [0.2, 0.25) is 0 Å². The first-order chi connectivity index (χ1) is 28.1. The average molecular weight is 738 g/mol. The van der Waals surface area contributed by atoms with Crippen LogP contribution in [0.2, 0.25) is 0 Å². The van der Waals surface area contributed by atoms with E-state index in [1.54, 1.807) is 0 Å². The molecule has 3 atom stereocenters. The SMILES string of the molecule is CC(c1ccccc1)c1ccc(-c2ccc3c(c2)Oc2ccccc2C32c3ccccc3-n3c4ccccc4c4cccc2c43)cc1.NCC(N)c1ccccc1. The third-order valence-corrected chi connectivity index (χ3v) is 12.1. The van der Waals surface area contributed by atoms with Gasteiger partial charge in [-0.05, 0) is 63.2 Å². The highest BCUT2D eigenvalue weighted by Crippen LogP contribution is 2.60. The van der Waals surface area contributed by atoms with E-state index in [4.69, 9.17) is 16.2 Å². The van der Waals surface area contributed by atoms with E-state index < -0.39 is 5.41 Å². The van der Waals surface area contributed by atoms with Gasteiger partial charge in [-0.25, -0.2) is 0 Å². The first-order valence-corrected chi connectivity index (χ1v) is 19.8. The lowest BCUT2D eigenvalue weighted by Crippen LogP contribution is -2.37. The number of para-hydroxylation sites is 4. The van der Waals surface area contributed by atoms with Gasteiger partial charge < -0.3 is 20.8 Å². The zero-order valence-corrected chi connectivity index (χ0v) is 31.8. The molecule has 0 amide bonds. The summed E-state index contributed by atoms with van der Waals surface area (Å²) in [6, 6.07) is 69.6. The van der Waals surface area contributed by atoms with Gasteiger partial charge in [0.05, 0.1) is 22.1 Å².